The summed E-state index contributed by atoms with van der Waals surface area (Å²) in [5.41, 5.74) is 0. The van der Waals surface area contributed by atoms with E-state index in [0.717, 1.165) is 38.9 Å². The van der Waals surface area contributed by atoms with E-state index in [1.54, 1.807) is 0 Å². The number of piperidine rings is 2. The second kappa shape index (κ2) is 6.84. The number of carbonyl (C=O) groups is 1. The second-order valence-corrected chi connectivity index (χ2v) is 5.10. The molecule has 4 heteroatoms. The smallest absolute Gasteiger partial charge is 0.409 e. The van der Waals surface area contributed by atoms with E-state index < -0.39 is 0 Å². The van der Waals surface area contributed by atoms with Crippen LogP contribution in [0.3, 0.4) is 0 Å². The quantitative estimate of drug-likeness (QED) is 0.821. The highest BCUT2D eigenvalue weighted by Gasteiger charge is 2.18. The van der Waals surface area contributed by atoms with Crippen LogP contribution >= 0.6 is 0 Å². The lowest BCUT2D eigenvalue weighted by Crippen LogP contribution is -2.38. The van der Waals surface area contributed by atoms with Gasteiger partial charge in [0, 0.05) is 19.1 Å². The van der Waals surface area contributed by atoms with Gasteiger partial charge in [0.2, 0.25) is 0 Å². The summed E-state index contributed by atoms with van der Waals surface area (Å²) in [5, 5.41) is 3.47. The normalized spacial score (nSPS) is 25.6. The molecule has 0 aromatic heterocycles. The van der Waals surface area contributed by atoms with E-state index in [4.69, 9.17) is 4.74 Å². The SMILES string of the molecule is O=C(OCCC1CCCCN1)N1CCCCC1. The van der Waals surface area contributed by atoms with Crippen LogP contribution < -0.4 is 5.32 Å². The maximum absolute atomic E-state index is 11.7. The molecule has 0 saturated carbocycles. The van der Waals surface area contributed by atoms with Crippen LogP contribution in [0.4, 0.5) is 4.79 Å². The first-order chi connectivity index (χ1) is 8.36. The number of rotatable bonds is 3. The minimum atomic E-state index is -0.111. The van der Waals surface area contributed by atoms with Crippen molar-refractivity contribution < 1.29 is 9.53 Å². The lowest BCUT2D eigenvalue weighted by atomic mass is 10.0. The van der Waals surface area contributed by atoms with Gasteiger partial charge in [-0.2, -0.15) is 0 Å². The summed E-state index contributed by atoms with van der Waals surface area (Å²) in [6, 6.07) is 0.554. The Hall–Kier alpha value is -0.770. The highest BCUT2D eigenvalue weighted by molar-refractivity contribution is 5.67. The Labute approximate surface area is 104 Å². The zero-order chi connectivity index (χ0) is 11.9. The van der Waals surface area contributed by atoms with E-state index in [2.05, 4.69) is 5.32 Å². The Morgan fingerprint density at radius 3 is 2.71 bits per heavy atom. The first kappa shape index (κ1) is 12.7. The third-order valence-corrected chi connectivity index (χ3v) is 3.72. The Bertz CT molecular complexity index is 234. The van der Waals surface area contributed by atoms with Gasteiger partial charge in [0.05, 0.1) is 6.61 Å². The molecule has 4 nitrogen and oxygen atoms in total. The van der Waals surface area contributed by atoms with E-state index in [1.807, 2.05) is 4.90 Å². The summed E-state index contributed by atoms with van der Waals surface area (Å²) >= 11 is 0. The van der Waals surface area contributed by atoms with Crippen LogP contribution in [0.15, 0.2) is 0 Å². The van der Waals surface area contributed by atoms with Crippen molar-refractivity contribution in [1.29, 1.82) is 0 Å². The highest BCUT2D eigenvalue weighted by atomic mass is 16.6. The summed E-state index contributed by atoms with van der Waals surface area (Å²) in [6.45, 7) is 3.43. The molecule has 2 saturated heterocycles. The number of hydrogen-bond acceptors (Lipinski definition) is 3. The summed E-state index contributed by atoms with van der Waals surface area (Å²) in [4.78, 5) is 13.6. The molecule has 0 spiro atoms. The Balaban J connectivity index is 1.58. The van der Waals surface area contributed by atoms with Gasteiger partial charge >= 0.3 is 6.09 Å². The fourth-order valence-corrected chi connectivity index (χ4v) is 2.63. The topological polar surface area (TPSA) is 41.6 Å². The Morgan fingerprint density at radius 2 is 2.00 bits per heavy atom. The summed E-state index contributed by atoms with van der Waals surface area (Å²) < 4.78 is 5.33. The number of carbonyl (C=O) groups excluding carboxylic acids is 1. The lowest BCUT2D eigenvalue weighted by Gasteiger charge is -2.27. The number of hydrogen-bond donors (Lipinski definition) is 1. The molecule has 1 atom stereocenters. The number of amides is 1. The Morgan fingerprint density at radius 1 is 1.18 bits per heavy atom. The zero-order valence-corrected chi connectivity index (χ0v) is 10.6. The zero-order valence-electron chi connectivity index (χ0n) is 10.6. The van der Waals surface area contributed by atoms with Gasteiger partial charge in [-0.1, -0.05) is 6.42 Å². The molecule has 1 amide bonds. The summed E-state index contributed by atoms with van der Waals surface area (Å²) in [5.74, 6) is 0. The maximum Gasteiger partial charge on any atom is 0.409 e. The minimum Gasteiger partial charge on any atom is -0.449 e. The van der Waals surface area contributed by atoms with Crippen molar-refractivity contribution in [3.8, 4) is 0 Å². The second-order valence-electron chi connectivity index (χ2n) is 5.10. The largest absolute Gasteiger partial charge is 0.449 e. The van der Waals surface area contributed by atoms with Crippen molar-refractivity contribution in [1.82, 2.24) is 10.2 Å². The molecule has 0 aromatic carbocycles. The van der Waals surface area contributed by atoms with Crippen molar-refractivity contribution in [3.63, 3.8) is 0 Å². The van der Waals surface area contributed by atoms with Gasteiger partial charge in [-0.25, -0.2) is 4.79 Å². The van der Waals surface area contributed by atoms with Gasteiger partial charge in [-0.3, -0.25) is 0 Å². The lowest BCUT2D eigenvalue weighted by molar-refractivity contribution is 0.0907. The van der Waals surface area contributed by atoms with Crippen LogP contribution in [0.2, 0.25) is 0 Å². The molecule has 2 rings (SSSR count). The molecule has 0 aliphatic carbocycles. The number of likely N-dealkylation sites (tertiary alicyclic amines) is 1. The van der Waals surface area contributed by atoms with E-state index in [1.165, 1.54) is 25.7 Å². The number of nitrogens with zero attached hydrogens (tertiary/aromatic N) is 1. The average molecular weight is 240 g/mol. The monoisotopic (exact) mass is 240 g/mol. The van der Waals surface area contributed by atoms with Crippen LogP contribution in [0.5, 0.6) is 0 Å². The fourth-order valence-electron chi connectivity index (χ4n) is 2.63. The van der Waals surface area contributed by atoms with Crippen LogP contribution in [-0.4, -0.2) is 43.3 Å². The molecule has 1 N–H and O–H groups in total. The Kier molecular flexibility index (Phi) is 5.10. The average Bonchev–Trinajstić information content (AvgIpc) is 2.41. The van der Waals surface area contributed by atoms with Crippen LogP contribution in [0.25, 0.3) is 0 Å². The first-order valence-corrected chi connectivity index (χ1v) is 7.01. The molecule has 1 unspecified atom stereocenters. The highest BCUT2D eigenvalue weighted by Crippen LogP contribution is 2.12. The van der Waals surface area contributed by atoms with Crippen molar-refractivity contribution in [2.24, 2.45) is 0 Å². The molecule has 0 radical (unpaired) electrons. The molecule has 0 aromatic rings. The van der Waals surface area contributed by atoms with Gasteiger partial charge in [-0.15, -0.1) is 0 Å². The van der Waals surface area contributed by atoms with Crippen LogP contribution in [-0.2, 0) is 4.74 Å². The minimum absolute atomic E-state index is 0.111. The van der Waals surface area contributed by atoms with Crippen molar-refractivity contribution in [2.75, 3.05) is 26.2 Å². The number of ether oxygens (including phenoxy) is 1. The fraction of sp³-hybridized carbons (Fsp3) is 0.923. The van der Waals surface area contributed by atoms with Crippen molar-refractivity contribution >= 4 is 6.09 Å². The third kappa shape index (κ3) is 4.19. The first-order valence-electron chi connectivity index (χ1n) is 7.01. The van der Waals surface area contributed by atoms with Crippen molar-refractivity contribution in [3.05, 3.63) is 0 Å². The third-order valence-electron chi connectivity index (χ3n) is 3.72. The van der Waals surface area contributed by atoms with Gasteiger partial charge in [-0.05, 0) is 45.1 Å². The van der Waals surface area contributed by atoms with Gasteiger partial charge in [0.1, 0.15) is 0 Å². The van der Waals surface area contributed by atoms with Crippen LogP contribution in [0, 0.1) is 0 Å². The van der Waals surface area contributed by atoms with E-state index in [0.29, 0.717) is 12.6 Å². The maximum atomic E-state index is 11.7. The molecular weight excluding hydrogens is 216 g/mol. The van der Waals surface area contributed by atoms with Crippen molar-refractivity contribution in [2.45, 2.75) is 51.0 Å². The van der Waals surface area contributed by atoms with E-state index >= 15 is 0 Å². The molecule has 2 aliphatic heterocycles. The summed E-state index contributed by atoms with van der Waals surface area (Å²) in [6.07, 6.45) is 8.15. The molecule has 0 bridgehead atoms. The standard InChI is InChI=1S/C13H24N2O2/c16-13(15-9-4-1-5-10-15)17-11-7-12-6-2-3-8-14-12/h12,14H,1-11H2. The number of nitrogens with one attached hydrogen (secondary N) is 1. The van der Waals surface area contributed by atoms with E-state index in [-0.39, 0.29) is 6.09 Å². The predicted octanol–water partition coefficient (Wildman–Crippen LogP) is 2.14. The van der Waals surface area contributed by atoms with Gasteiger partial charge < -0.3 is 15.0 Å². The molecule has 2 aliphatic rings. The molecular formula is C13H24N2O2. The van der Waals surface area contributed by atoms with Gasteiger partial charge in [0.25, 0.3) is 0 Å². The summed E-state index contributed by atoms with van der Waals surface area (Å²) in [7, 11) is 0. The van der Waals surface area contributed by atoms with Gasteiger partial charge in [0.15, 0.2) is 0 Å². The molecule has 17 heavy (non-hydrogen) atoms. The molecule has 98 valence electrons. The van der Waals surface area contributed by atoms with Crippen LogP contribution in [0.1, 0.15) is 44.9 Å². The molecule has 2 fully saturated rings. The predicted molar refractivity (Wildman–Crippen MR) is 67.0 cm³/mol. The molecule has 2 heterocycles. The van der Waals surface area contributed by atoms with E-state index in [9.17, 15) is 4.79 Å².